The molecule has 178 valence electrons. The van der Waals surface area contributed by atoms with Gasteiger partial charge in [-0.25, -0.2) is 13.6 Å². The van der Waals surface area contributed by atoms with Crippen molar-refractivity contribution in [2.75, 3.05) is 24.5 Å². The Balaban J connectivity index is 1.31. The molecule has 0 fully saturated rings. The molecule has 0 aliphatic carbocycles. The molecule has 4 rings (SSSR count). The van der Waals surface area contributed by atoms with E-state index in [0.717, 1.165) is 24.2 Å². The topological polar surface area (TPSA) is 135 Å². The lowest BCUT2D eigenvalue weighted by atomic mass is 10.1. The van der Waals surface area contributed by atoms with Gasteiger partial charge in [-0.2, -0.15) is 0 Å². The van der Waals surface area contributed by atoms with Crippen molar-refractivity contribution in [3.8, 4) is 0 Å². The van der Waals surface area contributed by atoms with Crippen LogP contribution in [-0.2, 0) is 32.5 Å². The van der Waals surface area contributed by atoms with Gasteiger partial charge in [-0.15, -0.1) is 0 Å². The van der Waals surface area contributed by atoms with Crippen molar-refractivity contribution in [2.24, 2.45) is 5.14 Å². The molecule has 0 bridgehead atoms. The second-order valence-electron chi connectivity index (χ2n) is 8.01. The van der Waals surface area contributed by atoms with E-state index < -0.39 is 21.8 Å². The number of hydrogen-bond acceptors (Lipinski definition) is 6. The minimum absolute atomic E-state index is 0.0198. The molecule has 3 aromatic rings. The molecular formula is C24H26N4O5S. The fraction of sp³-hybridized carbons (Fsp3) is 0.250. The third-order valence-corrected chi connectivity index (χ3v) is 6.71. The average molecular weight is 483 g/mol. The summed E-state index contributed by atoms with van der Waals surface area (Å²) in [6, 6.07) is 17.6. The molecule has 0 saturated carbocycles. The van der Waals surface area contributed by atoms with E-state index in [1.165, 1.54) is 17.7 Å². The molecule has 0 spiro atoms. The second kappa shape index (κ2) is 10.1. The molecule has 1 aliphatic heterocycles. The van der Waals surface area contributed by atoms with Crippen molar-refractivity contribution in [3.05, 3.63) is 83.8 Å². The van der Waals surface area contributed by atoms with E-state index in [2.05, 4.69) is 21.6 Å². The summed E-state index contributed by atoms with van der Waals surface area (Å²) in [5.41, 5.74) is 3.13. The molecule has 4 N–H and O–H groups in total. The highest BCUT2D eigenvalue weighted by Crippen LogP contribution is 2.34. The van der Waals surface area contributed by atoms with Crippen LogP contribution in [0.2, 0.25) is 0 Å². The number of sulfonamides is 1. The number of furan rings is 1. The van der Waals surface area contributed by atoms with Crippen molar-refractivity contribution in [1.82, 2.24) is 10.6 Å². The number of anilines is 1. The Morgan fingerprint density at radius 2 is 1.74 bits per heavy atom. The quantitative estimate of drug-likeness (QED) is 0.417. The monoisotopic (exact) mass is 482 g/mol. The Morgan fingerprint density at radius 1 is 1.00 bits per heavy atom. The van der Waals surface area contributed by atoms with Gasteiger partial charge < -0.3 is 20.0 Å². The number of para-hydroxylation sites is 1. The van der Waals surface area contributed by atoms with Crippen LogP contribution in [0, 0.1) is 0 Å². The predicted octanol–water partition coefficient (Wildman–Crippen LogP) is 1.51. The number of carbonyl (C=O) groups excluding carboxylic acids is 2. The Bertz CT molecular complexity index is 1260. The number of benzene rings is 2. The largest absolute Gasteiger partial charge is 0.467 e. The van der Waals surface area contributed by atoms with E-state index in [4.69, 9.17) is 9.56 Å². The summed E-state index contributed by atoms with van der Waals surface area (Å²) in [4.78, 5) is 26.9. The molecule has 2 amide bonds. The van der Waals surface area contributed by atoms with Gasteiger partial charge in [0, 0.05) is 25.3 Å². The van der Waals surface area contributed by atoms with E-state index in [0.29, 0.717) is 12.2 Å². The van der Waals surface area contributed by atoms with Crippen LogP contribution in [-0.4, -0.2) is 39.9 Å². The Kier molecular flexibility index (Phi) is 6.99. The highest BCUT2D eigenvalue weighted by molar-refractivity contribution is 7.89. The van der Waals surface area contributed by atoms with E-state index in [-0.39, 0.29) is 24.0 Å². The maximum absolute atomic E-state index is 12.4. The summed E-state index contributed by atoms with van der Waals surface area (Å²) in [6.45, 7) is 1.22. The van der Waals surface area contributed by atoms with Gasteiger partial charge in [0.2, 0.25) is 10.0 Å². The van der Waals surface area contributed by atoms with Crippen molar-refractivity contribution in [3.63, 3.8) is 0 Å². The SMILES string of the molecule is NS(=O)(=O)c1ccc(CCNC(=O)C(=O)NC[C@@H](c2ccco2)N2CCc3ccccc32)cc1. The van der Waals surface area contributed by atoms with Gasteiger partial charge >= 0.3 is 11.8 Å². The number of nitrogens with zero attached hydrogens (tertiary/aromatic N) is 1. The van der Waals surface area contributed by atoms with Crippen LogP contribution < -0.4 is 20.7 Å². The maximum Gasteiger partial charge on any atom is 0.309 e. The van der Waals surface area contributed by atoms with Crippen LogP contribution >= 0.6 is 0 Å². The number of primary sulfonamides is 1. The number of amides is 2. The summed E-state index contributed by atoms with van der Waals surface area (Å²) in [7, 11) is -3.75. The summed E-state index contributed by atoms with van der Waals surface area (Å²) >= 11 is 0. The normalized spacial score (nSPS) is 13.9. The number of nitrogens with two attached hydrogens (primary N) is 1. The molecule has 1 aliphatic rings. The lowest BCUT2D eigenvalue weighted by molar-refractivity contribution is -0.139. The molecule has 2 aromatic carbocycles. The lowest BCUT2D eigenvalue weighted by Crippen LogP contribution is -2.44. The molecule has 34 heavy (non-hydrogen) atoms. The first-order chi connectivity index (χ1) is 16.3. The zero-order chi connectivity index (χ0) is 24.1. The van der Waals surface area contributed by atoms with Gasteiger partial charge in [-0.1, -0.05) is 30.3 Å². The second-order valence-corrected chi connectivity index (χ2v) is 9.57. The number of rotatable bonds is 8. The Morgan fingerprint density at radius 3 is 2.44 bits per heavy atom. The fourth-order valence-corrected chi connectivity index (χ4v) is 4.56. The maximum atomic E-state index is 12.4. The first-order valence-electron chi connectivity index (χ1n) is 10.9. The number of fused-ring (bicyclic) bond motifs is 1. The van der Waals surface area contributed by atoms with Crippen LogP contribution in [0.3, 0.4) is 0 Å². The Labute approximate surface area is 198 Å². The summed E-state index contributed by atoms with van der Waals surface area (Å²) in [6.07, 6.45) is 2.93. The predicted molar refractivity (Wildman–Crippen MR) is 126 cm³/mol. The van der Waals surface area contributed by atoms with Crippen LogP contribution in [0.4, 0.5) is 5.69 Å². The Hall–Kier alpha value is -3.63. The summed E-state index contributed by atoms with van der Waals surface area (Å²) in [5.74, 6) is -0.755. The minimum atomic E-state index is -3.75. The lowest BCUT2D eigenvalue weighted by Gasteiger charge is -2.29. The molecule has 0 radical (unpaired) electrons. The van der Waals surface area contributed by atoms with E-state index in [1.807, 2.05) is 24.3 Å². The van der Waals surface area contributed by atoms with E-state index >= 15 is 0 Å². The molecule has 9 nitrogen and oxygen atoms in total. The first kappa shape index (κ1) is 23.5. The highest BCUT2D eigenvalue weighted by atomic mass is 32.2. The minimum Gasteiger partial charge on any atom is -0.467 e. The smallest absolute Gasteiger partial charge is 0.309 e. The molecule has 10 heteroatoms. The summed E-state index contributed by atoms with van der Waals surface area (Å²) in [5, 5.41) is 10.4. The van der Waals surface area contributed by atoms with Gasteiger partial charge in [0.15, 0.2) is 0 Å². The average Bonchev–Trinajstić information content (AvgIpc) is 3.50. The van der Waals surface area contributed by atoms with Gasteiger partial charge in [0.05, 0.1) is 11.2 Å². The zero-order valence-corrected chi connectivity index (χ0v) is 19.3. The zero-order valence-electron chi connectivity index (χ0n) is 18.4. The van der Waals surface area contributed by atoms with Crippen LogP contribution in [0.25, 0.3) is 0 Å². The molecule has 2 heterocycles. The number of nitrogens with one attached hydrogen (secondary N) is 2. The third kappa shape index (κ3) is 5.46. The van der Waals surface area contributed by atoms with Gasteiger partial charge in [0.1, 0.15) is 11.8 Å². The van der Waals surface area contributed by atoms with E-state index in [9.17, 15) is 18.0 Å². The van der Waals surface area contributed by atoms with Gasteiger partial charge in [-0.3, -0.25) is 9.59 Å². The fourth-order valence-electron chi connectivity index (χ4n) is 4.05. The van der Waals surface area contributed by atoms with Crippen molar-refractivity contribution >= 4 is 27.5 Å². The van der Waals surface area contributed by atoms with Gasteiger partial charge in [0.25, 0.3) is 0 Å². The third-order valence-electron chi connectivity index (χ3n) is 5.78. The molecule has 1 aromatic heterocycles. The standard InChI is InChI=1S/C24H26N4O5S/c25-34(31,32)19-9-7-17(8-10-19)11-13-26-23(29)24(30)27-16-21(22-6-3-15-33-22)28-14-12-18-4-1-2-5-20(18)28/h1-10,15,21H,11-14,16H2,(H,26,29)(H,27,30)(H2,25,31,32)/t21-/m0/s1. The number of carbonyl (C=O) groups is 2. The van der Waals surface area contributed by atoms with Crippen LogP contribution in [0.15, 0.2) is 76.2 Å². The van der Waals surface area contributed by atoms with Crippen molar-refractivity contribution in [1.29, 1.82) is 0 Å². The first-order valence-corrected chi connectivity index (χ1v) is 12.4. The van der Waals surface area contributed by atoms with Gasteiger partial charge in [-0.05, 0) is 54.3 Å². The number of hydrogen-bond donors (Lipinski definition) is 3. The molecule has 0 unspecified atom stereocenters. The van der Waals surface area contributed by atoms with E-state index in [1.54, 1.807) is 24.5 Å². The van der Waals surface area contributed by atoms with Crippen LogP contribution in [0.5, 0.6) is 0 Å². The van der Waals surface area contributed by atoms with Crippen molar-refractivity contribution < 1.29 is 22.4 Å². The highest BCUT2D eigenvalue weighted by Gasteiger charge is 2.29. The molecule has 0 saturated heterocycles. The summed E-state index contributed by atoms with van der Waals surface area (Å²) < 4.78 is 28.3. The molecular weight excluding hydrogens is 456 g/mol. The molecule has 1 atom stereocenters. The van der Waals surface area contributed by atoms with Crippen molar-refractivity contribution in [2.45, 2.75) is 23.8 Å². The van der Waals surface area contributed by atoms with Crippen LogP contribution in [0.1, 0.15) is 22.9 Å².